The number of ether oxygens (including phenoxy) is 2. The van der Waals surface area contributed by atoms with E-state index in [9.17, 15) is 30.7 Å². The van der Waals surface area contributed by atoms with Gasteiger partial charge in [0.25, 0.3) is 0 Å². The third kappa shape index (κ3) is 6.25. The molecule has 4 aromatic rings. The van der Waals surface area contributed by atoms with Gasteiger partial charge in [-0.05, 0) is 30.7 Å². The van der Waals surface area contributed by atoms with Gasteiger partial charge in [-0.3, -0.25) is 0 Å². The van der Waals surface area contributed by atoms with Gasteiger partial charge < -0.3 is 24.6 Å². The summed E-state index contributed by atoms with van der Waals surface area (Å²) in [4.78, 5) is 12.8. The molecular formula is C31H27F8N5O2. The summed E-state index contributed by atoms with van der Waals surface area (Å²) >= 11 is 0. The summed E-state index contributed by atoms with van der Waals surface area (Å²) < 4.78 is 124. The van der Waals surface area contributed by atoms with Crippen LogP contribution in [0.2, 0.25) is 0 Å². The summed E-state index contributed by atoms with van der Waals surface area (Å²) in [7, 11) is 0. The number of alkyl halides is 6. The van der Waals surface area contributed by atoms with E-state index in [0.717, 1.165) is 6.07 Å². The van der Waals surface area contributed by atoms with Crippen molar-refractivity contribution < 1.29 is 44.6 Å². The van der Waals surface area contributed by atoms with Gasteiger partial charge in [0.15, 0.2) is 5.82 Å². The number of hydrogen-bond acceptors (Lipinski definition) is 7. The van der Waals surface area contributed by atoms with E-state index >= 15 is 4.39 Å². The van der Waals surface area contributed by atoms with Crippen LogP contribution < -0.4 is 15.1 Å². The van der Waals surface area contributed by atoms with Crippen LogP contribution in [-0.4, -0.2) is 62.6 Å². The number of anilines is 4. The highest BCUT2D eigenvalue weighted by Gasteiger charge is 2.39. The van der Waals surface area contributed by atoms with Crippen molar-refractivity contribution in [1.29, 1.82) is 0 Å². The zero-order chi connectivity index (χ0) is 32.8. The molecule has 0 saturated carbocycles. The van der Waals surface area contributed by atoms with Crippen molar-refractivity contribution in [2.24, 2.45) is 0 Å². The molecule has 2 saturated heterocycles. The minimum atomic E-state index is -5.21. The van der Waals surface area contributed by atoms with E-state index in [4.69, 9.17) is 9.47 Å². The van der Waals surface area contributed by atoms with Crippen LogP contribution in [0.25, 0.3) is 22.2 Å². The van der Waals surface area contributed by atoms with Gasteiger partial charge in [-0.2, -0.15) is 26.3 Å². The third-order valence-electron chi connectivity index (χ3n) is 7.95. The average Bonchev–Trinajstić information content (AvgIpc) is 3.02. The van der Waals surface area contributed by atoms with Crippen LogP contribution in [0, 0.1) is 18.6 Å². The molecule has 0 unspecified atom stereocenters. The third-order valence-corrected chi connectivity index (χ3v) is 7.95. The van der Waals surface area contributed by atoms with E-state index in [0.29, 0.717) is 88.0 Å². The van der Waals surface area contributed by atoms with Gasteiger partial charge in [0, 0.05) is 43.9 Å². The van der Waals surface area contributed by atoms with Gasteiger partial charge in [-0.1, -0.05) is 6.07 Å². The minimum Gasteiger partial charge on any atom is -0.378 e. The molecule has 0 amide bonds. The fraction of sp³-hybridized carbons (Fsp3) is 0.355. The molecule has 7 nitrogen and oxygen atoms in total. The first-order valence-corrected chi connectivity index (χ1v) is 14.3. The largest absolute Gasteiger partial charge is 0.417 e. The van der Waals surface area contributed by atoms with Gasteiger partial charge in [0.1, 0.15) is 11.6 Å². The van der Waals surface area contributed by atoms with Crippen molar-refractivity contribution in [2.45, 2.75) is 19.3 Å². The lowest BCUT2D eigenvalue weighted by molar-refractivity contribution is -0.142. The molecule has 244 valence electrons. The topological polar surface area (TPSA) is 62.8 Å². The number of benzene rings is 2. The van der Waals surface area contributed by atoms with Crippen molar-refractivity contribution >= 4 is 33.8 Å². The molecule has 2 aliphatic heterocycles. The number of rotatable bonds is 5. The van der Waals surface area contributed by atoms with Crippen LogP contribution in [0.4, 0.5) is 58.0 Å². The Morgan fingerprint density at radius 3 is 2.09 bits per heavy atom. The number of pyridine rings is 2. The maximum absolute atomic E-state index is 15.5. The van der Waals surface area contributed by atoms with Gasteiger partial charge in [-0.15, -0.1) is 0 Å². The quantitative estimate of drug-likeness (QED) is 0.226. The molecule has 0 aliphatic carbocycles. The molecule has 4 heterocycles. The lowest BCUT2D eigenvalue weighted by Crippen LogP contribution is -2.38. The Kier molecular flexibility index (Phi) is 8.40. The Balaban J connectivity index is 1.57. The number of fused-ring (bicyclic) bond motifs is 1. The fourth-order valence-electron chi connectivity index (χ4n) is 5.68. The van der Waals surface area contributed by atoms with E-state index in [1.54, 1.807) is 12.3 Å². The second-order valence-corrected chi connectivity index (χ2v) is 10.9. The van der Waals surface area contributed by atoms with Crippen molar-refractivity contribution in [1.82, 2.24) is 9.97 Å². The van der Waals surface area contributed by atoms with Crippen LogP contribution in [-0.2, 0) is 21.8 Å². The second-order valence-electron chi connectivity index (χ2n) is 10.9. The summed E-state index contributed by atoms with van der Waals surface area (Å²) in [6.45, 7) is 5.25. The molecule has 0 spiro atoms. The zero-order valence-electron chi connectivity index (χ0n) is 24.3. The van der Waals surface area contributed by atoms with Crippen LogP contribution in [0.3, 0.4) is 0 Å². The van der Waals surface area contributed by atoms with E-state index < -0.39 is 46.4 Å². The standard InChI is InChI=1S/C31H27F8N5O2/c1-17-27(21-3-2-18(30(34,35)36)12-22(21)31(37,38)39)41-24-14-19(32)13-23(33)26(24)28(17)42-25-15-20(43-4-8-45-9-5-43)16-40-29(25)44-6-10-46-11-7-44/h2-3,12-16H,4-11H2,1H3,(H,41,42). The Morgan fingerprint density at radius 1 is 0.804 bits per heavy atom. The summed E-state index contributed by atoms with van der Waals surface area (Å²) in [5, 5.41) is 2.94. The first-order valence-electron chi connectivity index (χ1n) is 14.3. The predicted octanol–water partition coefficient (Wildman–Crippen LogP) is 7.34. The Morgan fingerprint density at radius 2 is 1.46 bits per heavy atom. The number of morpholine rings is 2. The highest BCUT2D eigenvalue weighted by molar-refractivity contribution is 5.99. The average molecular weight is 654 g/mol. The number of nitrogens with one attached hydrogen (secondary N) is 1. The SMILES string of the molecule is Cc1c(-c2ccc(C(F)(F)F)cc2C(F)(F)F)nc2cc(F)cc(F)c2c1Nc1cc(N2CCOCC2)cnc1N1CCOCC1. The first-order chi connectivity index (χ1) is 21.8. The zero-order valence-corrected chi connectivity index (χ0v) is 24.3. The van der Waals surface area contributed by atoms with Gasteiger partial charge in [0.05, 0.1) is 77.4 Å². The fourth-order valence-corrected chi connectivity index (χ4v) is 5.68. The van der Waals surface area contributed by atoms with E-state index in [2.05, 4.69) is 15.3 Å². The minimum absolute atomic E-state index is 0.00612. The molecule has 0 radical (unpaired) electrons. The van der Waals surface area contributed by atoms with Crippen LogP contribution in [0.1, 0.15) is 16.7 Å². The summed E-state index contributed by atoms with van der Waals surface area (Å²) in [6, 6.07) is 4.45. The highest BCUT2D eigenvalue weighted by Crippen LogP contribution is 2.45. The normalized spacial score (nSPS) is 16.3. The van der Waals surface area contributed by atoms with E-state index in [1.165, 1.54) is 6.92 Å². The van der Waals surface area contributed by atoms with Gasteiger partial charge in [0.2, 0.25) is 0 Å². The number of halogens is 8. The molecule has 2 fully saturated rings. The Labute approximate surface area is 257 Å². The smallest absolute Gasteiger partial charge is 0.378 e. The van der Waals surface area contributed by atoms with Crippen molar-refractivity contribution in [3.8, 4) is 11.3 Å². The summed E-state index contributed by atoms with van der Waals surface area (Å²) in [5.41, 5.74) is -3.48. The van der Waals surface area contributed by atoms with Crippen LogP contribution in [0.5, 0.6) is 0 Å². The van der Waals surface area contributed by atoms with E-state index in [1.807, 2.05) is 9.80 Å². The highest BCUT2D eigenvalue weighted by atomic mass is 19.4. The van der Waals surface area contributed by atoms with Crippen molar-refractivity contribution in [3.05, 3.63) is 70.9 Å². The first kappa shape index (κ1) is 31.7. The maximum atomic E-state index is 15.5. The lowest BCUT2D eigenvalue weighted by Gasteiger charge is -2.32. The predicted molar refractivity (Wildman–Crippen MR) is 155 cm³/mol. The van der Waals surface area contributed by atoms with E-state index in [-0.39, 0.29) is 28.2 Å². The summed E-state index contributed by atoms with van der Waals surface area (Å²) in [6.07, 6.45) is -8.57. The molecule has 2 aromatic carbocycles. The van der Waals surface area contributed by atoms with Gasteiger partial charge in [-0.25, -0.2) is 18.7 Å². The molecule has 2 aromatic heterocycles. The summed E-state index contributed by atoms with van der Waals surface area (Å²) in [5.74, 6) is -1.61. The second kappa shape index (κ2) is 12.2. The molecule has 2 aliphatic rings. The number of nitrogens with zero attached hydrogens (tertiary/aromatic N) is 4. The molecule has 1 N–H and O–H groups in total. The van der Waals surface area contributed by atoms with Crippen LogP contribution in [0.15, 0.2) is 42.6 Å². The lowest BCUT2D eigenvalue weighted by atomic mass is 9.95. The molecule has 46 heavy (non-hydrogen) atoms. The monoisotopic (exact) mass is 653 g/mol. The van der Waals surface area contributed by atoms with Crippen molar-refractivity contribution in [3.63, 3.8) is 0 Å². The molecule has 0 atom stereocenters. The molecule has 0 bridgehead atoms. The number of hydrogen-bond donors (Lipinski definition) is 1. The molecule has 6 rings (SSSR count). The van der Waals surface area contributed by atoms with Crippen molar-refractivity contribution in [2.75, 3.05) is 67.7 Å². The van der Waals surface area contributed by atoms with Crippen LogP contribution >= 0.6 is 0 Å². The molecule has 15 heteroatoms. The van der Waals surface area contributed by atoms with Gasteiger partial charge >= 0.3 is 12.4 Å². The molecular weight excluding hydrogens is 626 g/mol. The Hall–Kier alpha value is -4.24. The number of aromatic nitrogens is 2. The Bertz CT molecular complexity index is 1770. The maximum Gasteiger partial charge on any atom is 0.417 e.